The van der Waals surface area contributed by atoms with Crippen LogP contribution in [0.3, 0.4) is 0 Å². The van der Waals surface area contributed by atoms with Crippen molar-refractivity contribution in [3.63, 3.8) is 0 Å². The second kappa shape index (κ2) is 11.5. The summed E-state index contributed by atoms with van der Waals surface area (Å²) in [5.74, 6) is 1.94. The number of hydrogen-bond donors (Lipinski definition) is 0. The van der Waals surface area contributed by atoms with Crippen molar-refractivity contribution in [2.24, 2.45) is 0 Å². The van der Waals surface area contributed by atoms with Gasteiger partial charge in [-0.3, -0.25) is 9.69 Å². The first-order valence-electron chi connectivity index (χ1n) is 10.1. The Morgan fingerprint density at radius 1 is 1.06 bits per heavy atom. The molecule has 0 saturated carbocycles. The van der Waals surface area contributed by atoms with Crippen molar-refractivity contribution in [1.82, 2.24) is 14.5 Å². The van der Waals surface area contributed by atoms with E-state index < -0.39 is 0 Å². The number of aromatic nitrogens is 3. The number of anilines is 1. The summed E-state index contributed by atoms with van der Waals surface area (Å²) >= 11 is 1.46. The molecular formula is C23H25ClN4O4S. The molecule has 8 nitrogen and oxygen atoms in total. The third-order valence-corrected chi connectivity index (χ3v) is 5.94. The van der Waals surface area contributed by atoms with E-state index in [9.17, 15) is 4.79 Å². The zero-order chi connectivity index (χ0) is 22.3. The molecule has 33 heavy (non-hydrogen) atoms. The number of aryl methyl sites for hydroxylation is 1. The van der Waals surface area contributed by atoms with Crippen molar-refractivity contribution in [3.05, 3.63) is 61.2 Å². The van der Waals surface area contributed by atoms with E-state index in [1.807, 2.05) is 29.0 Å². The van der Waals surface area contributed by atoms with Gasteiger partial charge in [0.15, 0.2) is 11.7 Å². The maximum atomic E-state index is 13.1. The predicted molar refractivity (Wildman–Crippen MR) is 131 cm³/mol. The Labute approximate surface area is 202 Å². The summed E-state index contributed by atoms with van der Waals surface area (Å²) in [6.45, 7) is 1.18. The number of imidazole rings is 1. The van der Waals surface area contributed by atoms with Crippen LogP contribution in [0, 0.1) is 0 Å². The van der Waals surface area contributed by atoms with Gasteiger partial charge in [0.05, 0.1) is 30.8 Å². The van der Waals surface area contributed by atoms with Crippen molar-refractivity contribution in [2.75, 3.05) is 32.3 Å². The normalized spacial score (nSPS) is 10.5. The van der Waals surface area contributed by atoms with Crippen LogP contribution >= 0.6 is 23.7 Å². The molecule has 2 aromatic heterocycles. The van der Waals surface area contributed by atoms with Gasteiger partial charge in [-0.2, -0.15) is 0 Å². The molecule has 4 rings (SSSR count). The number of benzene rings is 2. The minimum atomic E-state index is -0.155. The molecule has 0 aliphatic heterocycles. The Bertz CT molecular complexity index is 1170. The van der Waals surface area contributed by atoms with E-state index in [1.165, 1.54) is 11.3 Å². The van der Waals surface area contributed by atoms with Gasteiger partial charge in [-0.15, -0.1) is 12.4 Å². The van der Waals surface area contributed by atoms with Crippen LogP contribution in [0.5, 0.6) is 17.2 Å². The summed E-state index contributed by atoms with van der Waals surface area (Å²) in [4.78, 5) is 23.6. The summed E-state index contributed by atoms with van der Waals surface area (Å²) in [7, 11) is 3.24. The fraction of sp³-hybridized carbons (Fsp3) is 0.261. The van der Waals surface area contributed by atoms with Gasteiger partial charge in [-0.05, 0) is 48.9 Å². The zero-order valence-electron chi connectivity index (χ0n) is 18.3. The summed E-state index contributed by atoms with van der Waals surface area (Å²) in [6, 6.07) is 12.8. The SMILES string of the molecule is COc1ccc(OCC(=O)N(CCCn2ccnc2)c2nc3ccc(OC)cc3s2)cc1.Cl. The predicted octanol–water partition coefficient (Wildman–Crippen LogP) is 4.43. The number of rotatable bonds is 10. The third kappa shape index (κ3) is 6.15. The van der Waals surface area contributed by atoms with Gasteiger partial charge in [-0.1, -0.05) is 11.3 Å². The summed E-state index contributed by atoms with van der Waals surface area (Å²) in [6.07, 6.45) is 6.17. The molecule has 0 fully saturated rings. The van der Waals surface area contributed by atoms with Crippen molar-refractivity contribution in [1.29, 1.82) is 0 Å². The Balaban J connectivity index is 0.00000306. The first-order valence-corrected chi connectivity index (χ1v) is 11.0. The maximum Gasteiger partial charge on any atom is 0.266 e. The molecule has 0 aliphatic rings. The summed E-state index contributed by atoms with van der Waals surface area (Å²) in [5.41, 5.74) is 0.828. The molecule has 0 aliphatic carbocycles. The van der Waals surface area contributed by atoms with E-state index in [1.54, 1.807) is 55.9 Å². The molecule has 0 atom stereocenters. The zero-order valence-corrected chi connectivity index (χ0v) is 20.0. The number of nitrogens with zero attached hydrogens (tertiary/aromatic N) is 4. The van der Waals surface area contributed by atoms with E-state index in [2.05, 4.69) is 9.97 Å². The molecule has 2 aromatic carbocycles. The van der Waals surface area contributed by atoms with Crippen LogP contribution in [-0.2, 0) is 11.3 Å². The second-order valence-electron chi connectivity index (χ2n) is 6.99. The number of halogens is 1. The van der Waals surface area contributed by atoms with Crippen LogP contribution in [0.1, 0.15) is 6.42 Å². The summed E-state index contributed by atoms with van der Waals surface area (Å²) < 4.78 is 19.1. The highest BCUT2D eigenvalue weighted by atomic mass is 35.5. The maximum absolute atomic E-state index is 13.1. The molecule has 1 amide bonds. The molecule has 0 N–H and O–H groups in total. The molecule has 2 heterocycles. The molecule has 0 spiro atoms. The van der Waals surface area contributed by atoms with E-state index in [0.717, 1.165) is 34.7 Å². The number of carbonyl (C=O) groups is 1. The van der Waals surface area contributed by atoms with Crippen molar-refractivity contribution in [2.45, 2.75) is 13.0 Å². The molecule has 0 bridgehead atoms. The number of fused-ring (bicyclic) bond motifs is 1. The van der Waals surface area contributed by atoms with Crippen LogP contribution in [-0.4, -0.2) is 47.8 Å². The molecular weight excluding hydrogens is 464 g/mol. The standard InChI is InChI=1S/C23H24N4O4S.ClH/c1-29-17-4-6-18(7-5-17)31-15-22(28)27(12-3-11-26-13-10-24-16-26)23-25-20-9-8-19(30-2)14-21(20)32-23;/h4-10,13-14,16H,3,11-12,15H2,1-2H3;1H. The third-order valence-electron chi connectivity index (χ3n) is 4.90. The smallest absolute Gasteiger partial charge is 0.266 e. The molecule has 174 valence electrons. The minimum Gasteiger partial charge on any atom is -0.497 e. The first-order chi connectivity index (χ1) is 15.7. The highest BCUT2D eigenvalue weighted by Crippen LogP contribution is 2.31. The molecule has 0 radical (unpaired) electrons. The fourth-order valence-electron chi connectivity index (χ4n) is 3.19. The van der Waals surface area contributed by atoms with Gasteiger partial charge >= 0.3 is 0 Å². The Morgan fingerprint density at radius 2 is 1.79 bits per heavy atom. The lowest BCUT2D eigenvalue weighted by molar-refractivity contribution is -0.120. The number of thiazole rings is 1. The molecule has 10 heteroatoms. The Morgan fingerprint density at radius 3 is 2.48 bits per heavy atom. The summed E-state index contributed by atoms with van der Waals surface area (Å²) in [5, 5.41) is 0.641. The average molecular weight is 489 g/mol. The largest absolute Gasteiger partial charge is 0.497 e. The van der Waals surface area contributed by atoms with E-state index >= 15 is 0 Å². The molecule has 0 unspecified atom stereocenters. The van der Waals surface area contributed by atoms with Gasteiger partial charge in [-0.25, -0.2) is 9.97 Å². The second-order valence-corrected chi connectivity index (χ2v) is 8.00. The van der Waals surface area contributed by atoms with Gasteiger partial charge in [0.25, 0.3) is 5.91 Å². The van der Waals surface area contributed by atoms with Crippen LogP contribution in [0.4, 0.5) is 5.13 Å². The van der Waals surface area contributed by atoms with Gasteiger partial charge in [0, 0.05) is 25.5 Å². The monoisotopic (exact) mass is 488 g/mol. The van der Waals surface area contributed by atoms with Crippen LogP contribution in [0.25, 0.3) is 10.2 Å². The van der Waals surface area contributed by atoms with E-state index in [4.69, 9.17) is 14.2 Å². The van der Waals surface area contributed by atoms with Crippen LogP contribution in [0.15, 0.2) is 61.2 Å². The van der Waals surface area contributed by atoms with E-state index in [0.29, 0.717) is 17.4 Å². The topological polar surface area (TPSA) is 78.7 Å². The number of hydrogen-bond acceptors (Lipinski definition) is 7. The van der Waals surface area contributed by atoms with Gasteiger partial charge < -0.3 is 18.8 Å². The van der Waals surface area contributed by atoms with Crippen molar-refractivity contribution >= 4 is 45.0 Å². The highest BCUT2D eigenvalue weighted by molar-refractivity contribution is 7.22. The van der Waals surface area contributed by atoms with Crippen molar-refractivity contribution < 1.29 is 19.0 Å². The minimum absolute atomic E-state index is 0. The van der Waals surface area contributed by atoms with Crippen LogP contribution < -0.4 is 19.1 Å². The highest BCUT2D eigenvalue weighted by Gasteiger charge is 2.20. The van der Waals surface area contributed by atoms with Gasteiger partial charge in [0.2, 0.25) is 0 Å². The molecule has 4 aromatic rings. The number of amides is 1. The van der Waals surface area contributed by atoms with Gasteiger partial charge in [0.1, 0.15) is 17.2 Å². The number of carbonyl (C=O) groups excluding carboxylic acids is 1. The fourth-order valence-corrected chi connectivity index (χ4v) is 4.22. The Kier molecular flexibility index (Phi) is 8.51. The van der Waals surface area contributed by atoms with E-state index in [-0.39, 0.29) is 24.9 Å². The Hall–Kier alpha value is -3.30. The van der Waals surface area contributed by atoms with Crippen molar-refractivity contribution in [3.8, 4) is 17.2 Å². The lowest BCUT2D eigenvalue weighted by atomic mass is 10.3. The molecule has 0 saturated heterocycles. The first kappa shape index (κ1) is 24.3. The number of methoxy groups -OCH3 is 2. The number of ether oxygens (including phenoxy) is 3. The lowest BCUT2D eigenvalue weighted by Gasteiger charge is -2.20. The lowest BCUT2D eigenvalue weighted by Crippen LogP contribution is -2.36. The van der Waals surface area contributed by atoms with Crippen LogP contribution in [0.2, 0.25) is 0 Å². The average Bonchev–Trinajstić information content (AvgIpc) is 3.49. The quantitative estimate of drug-likeness (QED) is 0.328.